The van der Waals surface area contributed by atoms with Crippen LogP contribution in [-0.2, 0) is 39.1 Å². The first-order chi connectivity index (χ1) is 20.9. The van der Waals surface area contributed by atoms with E-state index in [4.69, 9.17) is 35.2 Å². The minimum Gasteiger partial charge on any atom is -0.370 e. The quantitative estimate of drug-likeness (QED) is 0.0428. The van der Waals surface area contributed by atoms with E-state index in [1.807, 2.05) is 30.3 Å². The molecule has 0 spiro atoms. The third-order valence-electron chi connectivity index (χ3n) is 7.12. The van der Waals surface area contributed by atoms with Crippen molar-refractivity contribution in [1.82, 2.24) is 25.5 Å². The van der Waals surface area contributed by atoms with Crippen molar-refractivity contribution in [2.45, 2.75) is 76.0 Å². The van der Waals surface area contributed by atoms with Gasteiger partial charge in [-0.1, -0.05) is 30.3 Å². The molecule has 1 aromatic heterocycles. The Morgan fingerprint density at radius 2 is 1.55 bits per heavy atom. The van der Waals surface area contributed by atoms with Crippen LogP contribution in [0.2, 0.25) is 0 Å². The molecule has 2 aromatic rings. The van der Waals surface area contributed by atoms with Crippen molar-refractivity contribution in [2.75, 3.05) is 13.1 Å². The molecule has 0 radical (unpaired) electrons. The Morgan fingerprint density at radius 3 is 2.14 bits per heavy atom. The molecule has 0 aliphatic rings. The highest BCUT2D eigenvalue weighted by Crippen LogP contribution is 2.09. The van der Waals surface area contributed by atoms with E-state index in [9.17, 15) is 19.2 Å². The normalized spacial score (nSPS) is 13.6. The molecule has 14 nitrogen and oxygen atoms in total. The lowest BCUT2D eigenvalue weighted by Crippen LogP contribution is -2.57. The number of aliphatic imine (C=N–C) groups is 1. The van der Waals surface area contributed by atoms with E-state index in [2.05, 4.69) is 25.9 Å². The van der Waals surface area contributed by atoms with E-state index in [0.717, 1.165) is 5.56 Å². The minimum absolute atomic E-state index is 0.0556. The summed E-state index contributed by atoms with van der Waals surface area (Å²) >= 11 is 5.25. The molecule has 0 bridgehead atoms. The number of aromatic amines is 1. The summed E-state index contributed by atoms with van der Waals surface area (Å²) in [6.07, 6.45) is 4.24. The number of hydrogen-bond donors (Lipinski definition) is 8. The van der Waals surface area contributed by atoms with Crippen LogP contribution in [0.4, 0.5) is 0 Å². The second-order valence-electron chi connectivity index (χ2n) is 10.7. The van der Waals surface area contributed by atoms with Gasteiger partial charge in [-0.05, 0) is 69.8 Å². The number of amides is 3. The van der Waals surface area contributed by atoms with Gasteiger partial charge >= 0.3 is 0 Å². The second-order valence-corrected chi connectivity index (χ2v) is 11.1. The Kier molecular flexibility index (Phi) is 15.2. The fourth-order valence-corrected chi connectivity index (χ4v) is 4.64. The van der Waals surface area contributed by atoms with Crippen molar-refractivity contribution in [1.29, 1.82) is 0 Å². The fourth-order valence-electron chi connectivity index (χ4n) is 4.47. The molecular formula is C29H46N10O4S. The molecule has 0 fully saturated rings. The van der Waals surface area contributed by atoms with E-state index in [0.29, 0.717) is 49.2 Å². The predicted molar refractivity (Wildman–Crippen MR) is 172 cm³/mol. The summed E-state index contributed by atoms with van der Waals surface area (Å²) in [6, 6.07) is 5.55. The van der Waals surface area contributed by atoms with Gasteiger partial charge in [-0.3, -0.25) is 24.2 Å². The molecule has 2 rings (SSSR count). The summed E-state index contributed by atoms with van der Waals surface area (Å²) in [4.78, 5) is 59.4. The second kappa shape index (κ2) is 18.6. The summed E-state index contributed by atoms with van der Waals surface area (Å²) in [5.41, 5.74) is 24.0. The van der Waals surface area contributed by atoms with E-state index in [1.165, 1.54) is 6.92 Å². The Morgan fingerprint density at radius 1 is 0.909 bits per heavy atom. The number of benzene rings is 1. The zero-order valence-electron chi connectivity index (χ0n) is 25.4. The molecule has 44 heavy (non-hydrogen) atoms. The number of imidazole rings is 1. The van der Waals surface area contributed by atoms with Crippen LogP contribution in [0.3, 0.4) is 0 Å². The van der Waals surface area contributed by atoms with Gasteiger partial charge in [0.1, 0.15) is 12.1 Å². The fraction of sp³-hybridized carbons (Fsp3) is 0.517. The maximum absolute atomic E-state index is 13.7. The van der Waals surface area contributed by atoms with E-state index < -0.39 is 41.9 Å². The average Bonchev–Trinajstić information content (AvgIpc) is 3.30. The Hall–Kier alpha value is -4.08. The predicted octanol–water partition coefficient (Wildman–Crippen LogP) is -0.579. The molecule has 242 valence electrons. The van der Waals surface area contributed by atoms with Crippen molar-refractivity contribution in [2.24, 2.45) is 35.0 Å². The number of unbranched alkanes of at least 4 members (excludes halogenated alkanes) is 1. The lowest BCUT2D eigenvalue weighted by atomic mass is 10.0. The number of H-pyrrole nitrogens is 1. The highest BCUT2D eigenvalue weighted by Gasteiger charge is 2.30. The lowest BCUT2D eigenvalue weighted by Gasteiger charge is -2.26. The van der Waals surface area contributed by atoms with Crippen LogP contribution in [0.15, 0.2) is 41.5 Å². The van der Waals surface area contributed by atoms with Crippen molar-refractivity contribution in [3.63, 3.8) is 0 Å². The summed E-state index contributed by atoms with van der Waals surface area (Å²) in [7, 11) is 1.73. The van der Waals surface area contributed by atoms with E-state index in [-0.39, 0.29) is 31.0 Å². The number of nitrogens with two attached hydrogens (primary N) is 4. The number of ketones is 1. The maximum Gasteiger partial charge on any atom is 0.243 e. The molecule has 0 saturated carbocycles. The number of carbonyl (C=O) groups is 4. The van der Waals surface area contributed by atoms with E-state index in [1.54, 1.807) is 17.8 Å². The van der Waals surface area contributed by atoms with Crippen LogP contribution in [0.5, 0.6) is 0 Å². The number of rotatable bonds is 19. The maximum atomic E-state index is 13.7. The monoisotopic (exact) mass is 630 g/mol. The van der Waals surface area contributed by atoms with Gasteiger partial charge in [0.2, 0.25) is 17.7 Å². The average molecular weight is 631 g/mol. The topological polar surface area (TPSA) is 242 Å². The number of nitrogens with zero attached hydrogens (tertiary/aromatic N) is 2. The van der Waals surface area contributed by atoms with Gasteiger partial charge in [-0.25, -0.2) is 0 Å². The summed E-state index contributed by atoms with van der Waals surface area (Å²) in [5.74, 6) is -1.91. The largest absolute Gasteiger partial charge is 0.370 e. The number of carbonyl (C=O) groups excluding carboxylic acids is 4. The molecule has 4 unspecified atom stereocenters. The standard InChI is InChI=1S/C29H46N10O4S/c1-18(40)23(15-19-9-4-3-5-10-19)37-26(42)22(12-6-7-13-30)36-27(43)24(16-20-17-35-29(44)39(20)2)38-25(41)21(31)11-8-14-34-28(32)33/h3-5,9-10,17,21-24H,6-8,11-16,30-31H2,1-2H3,(H,35,44)(H,36,43)(H,37,42)(H,38,41)(H4,32,33,34). The first kappa shape index (κ1) is 36.1. The molecule has 1 aromatic carbocycles. The molecule has 0 aliphatic carbocycles. The molecule has 15 heteroatoms. The molecular weight excluding hydrogens is 584 g/mol. The van der Waals surface area contributed by atoms with Gasteiger partial charge in [-0.15, -0.1) is 0 Å². The van der Waals surface area contributed by atoms with Crippen LogP contribution >= 0.6 is 12.2 Å². The molecule has 4 atom stereocenters. The van der Waals surface area contributed by atoms with Gasteiger partial charge < -0.3 is 48.4 Å². The van der Waals surface area contributed by atoms with Crippen LogP contribution in [0.25, 0.3) is 0 Å². The van der Waals surface area contributed by atoms with Crippen molar-refractivity contribution < 1.29 is 19.2 Å². The zero-order valence-corrected chi connectivity index (χ0v) is 26.2. The van der Waals surface area contributed by atoms with Crippen molar-refractivity contribution >= 4 is 41.7 Å². The third kappa shape index (κ3) is 12.3. The first-order valence-corrected chi connectivity index (χ1v) is 15.0. The number of guanidine groups is 1. The number of nitrogens with one attached hydrogen (secondary N) is 4. The first-order valence-electron chi connectivity index (χ1n) is 14.6. The number of Topliss-reactive ketones (excluding diaryl/α,β-unsaturated/α-hetero) is 1. The molecule has 12 N–H and O–H groups in total. The Bertz CT molecular complexity index is 1320. The lowest BCUT2D eigenvalue weighted by molar-refractivity contribution is -0.133. The van der Waals surface area contributed by atoms with Crippen LogP contribution in [0, 0.1) is 4.77 Å². The Labute approximate surface area is 262 Å². The van der Waals surface area contributed by atoms with Gasteiger partial charge in [0.25, 0.3) is 0 Å². The van der Waals surface area contributed by atoms with Gasteiger partial charge in [0.15, 0.2) is 16.5 Å². The molecule has 0 aliphatic heterocycles. The molecule has 1 heterocycles. The van der Waals surface area contributed by atoms with E-state index >= 15 is 0 Å². The summed E-state index contributed by atoms with van der Waals surface area (Å²) < 4.78 is 2.12. The zero-order chi connectivity index (χ0) is 32.6. The summed E-state index contributed by atoms with van der Waals surface area (Å²) in [5, 5.41) is 8.32. The van der Waals surface area contributed by atoms with Crippen molar-refractivity contribution in [3.8, 4) is 0 Å². The molecule has 0 saturated heterocycles. The minimum atomic E-state index is -1.08. The van der Waals surface area contributed by atoms with Gasteiger partial charge in [-0.2, -0.15) is 0 Å². The van der Waals surface area contributed by atoms with Gasteiger partial charge in [0.05, 0.1) is 12.1 Å². The summed E-state index contributed by atoms with van der Waals surface area (Å²) in [6.45, 7) is 2.13. The highest BCUT2D eigenvalue weighted by atomic mass is 32.1. The number of hydrogen-bond acceptors (Lipinski definition) is 8. The van der Waals surface area contributed by atoms with Crippen molar-refractivity contribution in [3.05, 3.63) is 52.6 Å². The molecule has 3 amide bonds. The smallest absolute Gasteiger partial charge is 0.243 e. The van der Waals surface area contributed by atoms with Gasteiger partial charge in [0, 0.05) is 31.9 Å². The SMILES string of the molecule is CC(=O)C(Cc1ccccc1)NC(=O)C(CCCCN)NC(=O)C(Cc1c[nH]c(=S)n1C)NC(=O)C(N)CCCN=C(N)N. The Balaban J connectivity index is 2.23. The van der Waals surface area contributed by atoms with Crippen LogP contribution in [0.1, 0.15) is 50.3 Å². The third-order valence-corrected chi connectivity index (χ3v) is 7.51. The number of aromatic nitrogens is 2. The highest BCUT2D eigenvalue weighted by molar-refractivity contribution is 7.71. The van der Waals surface area contributed by atoms with Crippen LogP contribution < -0.4 is 38.9 Å². The van der Waals surface area contributed by atoms with Crippen LogP contribution in [-0.4, -0.2) is 76.3 Å².